The fraction of sp³-hybridized carbons (Fsp3) is 0.0714. The Hall–Kier alpha value is -2.27. The molecule has 0 aliphatic carbocycles. The molecule has 1 aromatic heterocycles. The molecule has 20 heavy (non-hydrogen) atoms. The molecule has 0 aliphatic rings. The van der Waals surface area contributed by atoms with Gasteiger partial charge >= 0.3 is 5.76 Å². The molecule has 2 aromatic carbocycles. The van der Waals surface area contributed by atoms with Crippen LogP contribution in [0.4, 0.5) is 10.1 Å². The number of oxazole rings is 1. The molecule has 0 radical (unpaired) electrons. The van der Waals surface area contributed by atoms with Crippen LogP contribution >= 0.6 is 11.6 Å². The van der Waals surface area contributed by atoms with Gasteiger partial charge in [0.1, 0.15) is 5.82 Å². The standard InChI is InChI=1S/C14H10ClFN2O2/c15-9-1-3-11(16)8(5-9)7-18-12-6-10(17)2-4-13(12)20-14(18)19/h1-6H,7,17H2. The molecule has 0 aliphatic heterocycles. The van der Waals surface area contributed by atoms with Crippen LogP contribution < -0.4 is 11.5 Å². The molecular weight excluding hydrogens is 283 g/mol. The number of benzene rings is 2. The van der Waals surface area contributed by atoms with Crippen molar-refractivity contribution in [2.75, 3.05) is 5.73 Å². The van der Waals surface area contributed by atoms with Crippen molar-refractivity contribution in [2.24, 2.45) is 0 Å². The van der Waals surface area contributed by atoms with Gasteiger partial charge in [-0.05, 0) is 36.4 Å². The smallest absolute Gasteiger partial charge is 0.408 e. The number of rotatable bonds is 2. The molecule has 1 heterocycles. The molecule has 0 fully saturated rings. The second-order valence-corrected chi connectivity index (χ2v) is 4.85. The van der Waals surface area contributed by atoms with Crippen LogP contribution in [0, 0.1) is 5.82 Å². The first-order chi connectivity index (χ1) is 9.54. The molecule has 2 N–H and O–H groups in total. The van der Waals surface area contributed by atoms with E-state index in [1.807, 2.05) is 0 Å². The molecule has 0 saturated carbocycles. The van der Waals surface area contributed by atoms with Crippen molar-refractivity contribution in [1.82, 2.24) is 4.57 Å². The molecule has 0 bridgehead atoms. The number of nitrogens with two attached hydrogens (primary N) is 1. The molecule has 0 atom stereocenters. The lowest BCUT2D eigenvalue weighted by molar-refractivity contribution is 0.512. The maximum Gasteiger partial charge on any atom is 0.420 e. The summed E-state index contributed by atoms with van der Waals surface area (Å²) in [5, 5.41) is 0.404. The average molecular weight is 293 g/mol. The van der Waals surface area contributed by atoms with Gasteiger partial charge in [-0.2, -0.15) is 0 Å². The zero-order valence-electron chi connectivity index (χ0n) is 10.3. The van der Waals surface area contributed by atoms with Gasteiger partial charge in [-0.3, -0.25) is 4.57 Å². The normalized spacial score (nSPS) is 11.1. The summed E-state index contributed by atoms with van der Waals surface area (Å²) in [5.41, 5.74) is 7.44. The summed E-state index contributed by atoms with van der Waals surface area (Å²) in [4.78, 5) is 11.9. The molecule has 0 amide bonds. The van der Waals surface area contributed by atoms with E-state index < -0.39 is 11.6 Å². The first-order valence-corrected chi connectivity index (χ1v) is 6.25. The largest absolute Gasteiger partial charge is 0.420 e. The van der Waals surface area contributed by atoms with Crippen molar-refractivity contribution in [1.29, 1.82) is 0 Å². The van der Waals surface area contributed by atoms with Crippen LogP contribution in [0.25, 0.3) is 11.1 Å². The monoisotopic (exact) mass is 292 g/mol. The lowest BCUT2D eigenvalue weighted by atomic mass is 10.2. The minimum atomic E-state index is -0.565. The minimum absolute atomic E-state index is 0.0294. The van der Waals surface area contributed by atoms with Crippen LogP contribution in [0.2, 0.25) is 5.02 Å². The van der Waals surface area contributed by atoms with Crippen LogP contribution in [0.3, 0.4) is 0 Å². The lowest BCUT2D eigenvalue weighted by Crippen LogP contribution is -2.15. The van der Waals surface area contributed by atoms with Crippen molar-refractivity contribution in [3.63, 3.8) is 0 Å². The van der Waals surface area contributed by atoms with Gasteiger partial charge in [-0.15, -0.1) is 0 Å². The number of fused-ring (bicyclic) bond motifs is 1. The van der Waals surface area contributed by atoms with Crippen molar-refractivity contribution in [3.8, 4) is 0 Å². The van der Waals surface area contributed by atoms with Gasteiger partial charge in [-0.1, -0.05) is 11.6 Å². The van der Waals surface area contributed by atoms with Crippen LogP contribution in [0.5, 0.6) is 0 Å². The van der Waals surface area contributed by atoms with E-state index in [1.165, 1.54) is 22.8 Å². The Morgan fingerprint density at radius 2 is 2.05 bits per heavy atom. The van der Waals surface area contributed by atoms with Gasteiger partial charge < -0.3 is 10.2 Å². The van der Waals surface area contributed by atoms with Gasteiger partial charge in [0.2, 0.25) is 0 Å². The van der Waals surface area contributed by atoms with E-state index in [1.54, 1.807) is 18.2 Å². The molecule has 6 heteroatoms. The lowest BCUT2D eigenvalue weighted by Gasteiger charge is -2.05. The minimum Gasteiger partial charge on any atom is -0.408 e. The summed E-state index contributed by atoms with van der Waals surface area (Å²) < 4.78 is 20.2. The Morgan fingerprint density at radius 3 is 2.85 bits per heavy atom. The SMILES string of the molecule is Nc1ccc2oc(=O)n(Cc3cc(Cl)ccc3F)c2c1. The Kier molecular flexibility index (Phi) is 2.99. The number of aromatic nitrogens is 1. The van der Waals surface area contributed by atoms with Gasteiger partial charge in [0.05, 0.1) is 12.1 Å². The number of hydrogen-bond donors (Lipinski definition) is 1. The van der Waals surface area contributed by atoms with Gasteiger partial charge in [0.15, 0.2) is 5.58 Å². The second kappa shape index (κ2) is 4.68. The van der Waals surface area contributed by atoms with Gasteiger partial charge in [0, 0.05) is 16.3 Å². The third-order valence-corrected chi connectivity index (χ3v) is 3.26. The molecule has 0 unspecified atom stereocenters. The highest BCUT2D eigenvalue weighted by Gasteiger charge is 2.12. The highest BCUT2D eigenvalue weighted by molar-refractivity contribution is 6.30. The van der Waals surface area contributed by atoms with Crippen LogP contribution in [0.1, 0.15) is 5.56 Å². The molecule has 0 saturated heterocycles. The molecule has 102 valence electrons. The zero-order chi connectivity index (χ0) is 14.3. The van der Waals surface area contributed by atoms with Crippen molar-refractivity contribution < 1.29 is 8.81 Å². The fourth-order valence-corrected chi connectivity index (χ4v) is 2.26. The van der Waals surface area contributed by atoms with E-state index >= 15 is 0 Å². The highest BCUT2D eigenvalue weighted by atomic mass is 35.5. The predicted molar refractivity (Wildman–Crippen MR) is 75.4 cm³/mol. The Bertz CT molecular complexity index is 854. The Morgan fingerprint density at radius 1 is 1.25 bits per heavy atom. The maximum atomic E-state index is 13.7. The predicted octanol–water partition coefficient (Wildman–Crippen LogP) is 3.02. The molecular formula is C14H10ClFN2O2. The van der Waals surface area contributed by atoms with Crippen molar-refractivity contribution in [2.45, 2.75) is 6.54 Å². The molecule has 3 aromatic rings. The maximum absolute atomic E-state index is 13.7. The van der Waals surface area contributed by atoms with Crippen molar-refractivity contribution in [3.05, 3.63) is 63.4 Å². The van der Waals surface area contributed by atoms with Crippen LogP contribution in [0.15, 0.2) is 45.6 Å². The van der Waals surface area contributed by atoms with E-state index in [9.17, 15) is 9.18 Å². The first-order valence-electron chi connectivity index (χ1n) is 5.87. The molecule has 4 nitrogen and oxygen atoms in total. The number of nitrogens with zero attached hydrogens (tertiary/aromatic N) is 1. The Labute approximate surface area is 118 Å². The van der Waals surface area contributed by atoms with E-state index in [-0.39, 0.29) is 6.54 Å². The third-order valence-electron chi connectivity index (χ3n) is 3.03. The van der Waals surface area contributed by atoms with Gasteiger partial charge in [-0.25, -0.2) is 9.18 Å². The molecule has 0 spiro atoms. The zero-order valence-corrected chi connectivity index (χ0v) is 11.0. The van der Waals surface area contributed by atoms with E-state index in [2.05, 4.69) is 0 Å². The quantitative estimate of drug-likeness (QED) is 0.739. The van der Waals surface area contributed by atoms with E-state index in [0.717, 1.165) is 0 Å². The van der Waals surface area contributed by atoms with Crippen LogP contribution in [-0.4, -0.2) is 4.57 Å². The second-order valence-electron chi connectivity index (χ2n) is 4.42. The number of anilines is 1. The Balaban J connectivity index is 2.15. The summed E-state index contributed by atoms with van der Waals surface area (Å²) in [6.45, 7) is 0.0294. The molecule has 3 rings (SSSR count). The average Bonchev–Trinajstić information content (AvgIpc) is 2.70. The first kappa shape index (κ1) is 12.7. The number of halogens is 2. The summed E-state index contributed by atoms with van der Waals surface area (Å²) in [5.74, 6) is -0.996. The number of hydrogen-bond acceptors (Lipinski definition) is 3. The third kappa shape index (κ3) is 2.16. The fourth-order valence-electron chi connectivity index (χ4n) is 2.06. The van der Waals surface area contributed by atoms with Crippen molar-refractivity contribution >= 4 is 28.4 Å². The summed E-state index contributed by atoms with van der Waals surface area (Å²) in [7, 11) is 0. The van der Waals surface area contributed by atoms with Crippen LogP contribution in [-0.2, 0) is 6.54 Å². The van der Waals surface area contributed by atoms with Gasteiger partial charge in [0.25, 0.3) is 0 Å². The highest BCUT2D eigenvalue weighted by Crippen LogP contribution is 2.20. The topological polar surface area (TPSA) is 61.2 Å². The van der Waals surface area contributed by atoms with E-state index in [0.29, 0.717) is 27.4 Å². The number of nitrogen functional groups attached to an aromatic ring is 1. The summed E-state index contributed by atoms with van der Waals surface area (Å²) in [6.07, 6.45) is 0. The summed E-state index contributed by atoms with van der Waals surface area (Å²) >= 11 is 5.84. The summed E-state index contributed by atoms with van der Waals surface area (Å²) in [6, 6.07) is 9.05. The van der Waals surface area contributed by atoms with E-state index in [4.69, 9.17) is 21.8 Å².